The lowest BCUT2D eigenvalue weighted by Crippen LogP contribution is -2.61. The van der Waals surface area contributed by atoms with Gasteiger partial charge in [0.25, 0.3) is 6.71 Å². The molecule has 6 heterocycles. The number of hydrogen-bond acceptors (Lipinski definition) is 2. The number of hydrogen-bond donors (Lipinski definition) is 0. The first-order chi connectivity index (χ1) is 51.5. The first-order valence-corrected chi connectivity index (χ1v) is 36.9. The summed E-state index contributed by atoms with van der Waals surface area (Å²) >= 11 is 0. The zero-order valence-corrected chi connectivity index (χ0v) is 59.5. The van der Waals surface area contributed by atoms with E-state index in [4.69, 9.17) is 0 Å². The van der Waals surface area contributed by atoms with E-state index in [1.54, 1.807) is 0 Å². The van der Waals surface area contributed by atoms with Crippen molar-refractivity contribution in [3.8, 4) is 45.0 Å². The van der Waals surface area contributed by atoms with E-state index in [1.807, 2.05) is 0 Å². The summed E-state index contributed by atoms with van der Waals surface area (Å²) in [5.74, 6) is 0. The zero-order chi connectivity index (χ0) is 70.1. The van der Waals surface area contributed by atoms with Gasteiger partial charge in [0.2, 0.25) is 0 Å². The Morgan fingerprint density at radius 1 is 0.219 bits per heavy atom. The van der Waals surface area contributed by atoms with E-state index in [0.717, 1.165) is 78.9 Å². The SMILES string of the molecule is CC(C)(C)c1ccccc1-c1ccccc1N1c2cc(-n3c4ccccc4c4cccc(-n5c6ccccc6c6ccccc65)c43)ccc2B2c3ccc(-n4c5ccccc5c5cccc(-n6c7ccccc7c7ccccc76)c54)cc3N(c3ccccc3-c3ccccc3C(C)(C)C)c3cccc1c32. The van der Waals surface area contributed by atoms with Crippen molar-refractivity contribution in [3.05, 3.63) is 345 Å². The average Bonchev–Trinajstić information content (AvgIpc) is 1.69. The molecule has 0 saturated heterocycles. The van der Waals surface area contributed by atoms with Gasteiger partial charge in [-0.2, -0.15) is 0 Å². The van der Waals surface area contributed by atoms with Gasteiger partial charge >= 0.3 is 0 Å². The monoisotopic (exact) mass is 1340 g/mol. The van der Waals surface area contributed by atoms with Crippen LogP contribution < -0.4 is 26.2 Å². The van der Waals surface area contributed by atoms with Gasteiger partial charge in [-0.25, -0.2) is 0 Å². The number of aromatic nitrogens is 4. The normalized spacial score (nSPS) is 13.0. The second-order valence-corrected chi connectivity index (χ2v) is 30.7. The Hall–Kier alpha value is -12.8. The maximum atomic E-state index is 2.64. The molecule has 0 radical (unpaired) electrons. The average molecular weight is 1350 g/mol. The number of anilines is 6. The van der Waals surface area contributed by atoms with Crippen LogP contribution in [0.2, 0.25) is 0 Å². The first kappa shape index (κ1) is 60.9. The Kier molecular flexibility index (Phi) is 13.2. The predicted molar refractivity (Wildman–Crippen MR) is 446 cm³/mol. The summed E-state index contributed by atoms with van der Waals surface area (Å²) in [6, 6.07) is 126. The Morgan fingerprint density at radius 3 is 0.867 bits per heavy atom. The molecule has 0 saturated carbocycles. The number of fused-ring (bicyclic) bond motifs is 16. The van der Waals surface area contributed by atoms with Gasteiger partial charge < -0.3 is 28.1 Å². The Morgan fingerprint density at radius 2 is 0.495 bits per heavy atom. The molecule has 2 aliphatic heterocycles. The van der Waals surface area contributed by atoms with Gasteiger partial charge in [-0.1, -0.05) is 278 Å². The smallest absolute Gasteiger partial charge is 0.252 e. The maximum absolute atomic E-state index is 2.64. The van der Waals surface area contributed by atoms with E-state index in [-0.39, 0.29) is 17.5 Å². The number of para-hydroxylation sites is 10. The molecule has 498 valence electrons. The fraction of sp³-hybridized carbons (Fsp3) is 0.0816. The Bertz CT molecular complexity index is 6340. The van der Waals surface area contributed by atoms with Crippen LogP contribution in [0, 0.1) is 0 Å². The fourth-order valence-electron chi connectivity index (χ4n) is 18.5. The Balaban J connectivity index is 0.869. The molecule has 0 aliphatic carbocycles. The molecular formula is C98H73BN6. The molecule has 0 atom stereocenters. The van der Waals surface area contributed by atoms with Crippen molar-refractivity contribution in [2.24, 2.45) is 0 Å². The quantitative estimate of drug-likeness (QED) is 0.142. The number of nitrogens with zero attached hydrogens (tertiary/aromatic N) is 6. The van der Waals surface area contributed by atoms with Crippen molar-refractivity contribution in [1.29, 1.82) is 0 Å². The van der Waals surface area contributed by atoms with Crippen LogP contribution in [-0.2, 0) is 10.8 Å². The van der Waals surface area contributed by atoms with Crippen LogP contribution in [0.25, 0.3) is 132 Å². The molecule has 0 N–H and O–H groups in total. The molecule has 0 spiro atoms. The third kappa shape index (κ3) is 8.91. The minimum Gasteiger partial charge on any atom is -0.311 e. The molecule has 0 bridgehead atoms. The van der Waals surface area contributed by atoms with Gasteiger partial charge in [-0.05, 0) is 147 Å². The minimum absolute atomic E-state index is 0.147. The van der Waals surface area contributed by atoms with Gasteiger partial charge in [-0.3, -0.25) is 0 Å². The highest BCUT2D eigenvalue weighted by molar-refractivity contribution is 7.00. The fourth-order valence-corrected chi connectivity index (χ4v) is 18.5. The first-order valence-electron chi connectivity index (χ1n) is 36.9. The van der Waals surface area contributed by atoms with Gasteiger partial charge in [-0.15, -0.1) is 0 Å². The molecule has 0 unspecified atom stereocenters. The summed E-state index contributed by atoms with van der Waals surface area (Å²) in [5.41, 5.74) is 31.3. The number of benzene rings is 15. The zero-order valence-electron chi connectivity index (χ0n) is 59.5. The van der Waals surface area contributed by atoms with E-state index in [0.29, 0.717) is 0 Å². The summed E-state index contributed by atoms with van der Waals surface area (Å²) in [6.07, 6.45) is 0. The summed E-state index contributed by atoms with van der Waals surface area (Å²) in [6.45, 7) is 13.8. The third-order valence-corrected chi connectivity index (χ3v) is 22.8. The van der Waals surface area contributed by atoms with Gasteiger partial charge in [0.15, 0.2) is 0 Å². The summed E-state index contributed by atoms with van der Waals surface area (Å²) in [5, 5.41) is 9.75. The van der Waals surface area contributed by atoms with Crippen LogP contribution in [0.15, 0.2) is 334 Å². The molecule has 19 aromatic rings. The van der Waals surface area contributed by atoms with Crippen LogP contribution in [-0.4, -0.2) is 25.0 Å². The van der Waals surface area contributed by atoms with Crippen LogP contribution in [0.5, 0.6) is 0 Å². The van der Waals surface area contributed by atoms with E-state index >= 15 is 0 Å². The highest BCUT2D eigenvalue weighted by Crippen LogP contribution is 2.52. The van der Waals surface area contributed by atoms with Gasteiger partial charge in [0.05, 0.1) is 66.9 Å². The highest BCUT2D eigenvalue weighted by atomic mass is 15.2. The molecule has 0 amide bonds. The van der Waals surface area contributed by atoms with Crippen LogP contribution in [0.3, 0.4) is 0 Å². The van der Waals surface area contributed by atoms with E-state index < -0.39 is 0 Å². The van der Waals surface area contributed by atoms with Crippen LogP contribution in [0.1, 0.15) is 52.7 Å². The predicted octanol–water partition coefficient (Wildman–Crippen LogP) is 24.1. The number of rotatable bonds is 8. The lowest BCUT2D eigenvalue weighted by molar-refractivity contribution is 0.591. The second-order valence-electron chi connectivity index (χ2n) is 30.7. The van der Waals surface area contributed by atoms with Crippen molar-refractivity contribution in [2.45, 2.75) is 52.4 Å². The van der Waals surface area contributed by atoms with E-state index in [9.17, 15) is 0 Å². The molecular weight excluding hydrogens is 1270 g/mol. The second kappa shape index (κ2) is 22.8. The van der Waals surface area contributed by atoms with Crippen molar-refractivity contribution < 1.29 is 0 Å². The largest absolute Gasteiger partial charge is 0.311 e. The highest BCUT2D eigenvalue weighted by Gasteiger charge is 2.45. The molecule has 4 aromatic heterocycles. The molecule has 21 rings (SSSR count). The van der Waals surface area contributed by atoms with E-state index in [2.05, 4.69) is 403 Å². The van der Waals surface area contributed by atoms with Crippen molar-refractivity contribution in [2.75, 3.05) is 9.80 Å². The third-order valence-electron chi connectivity index (χ3n) is 22.8. The lowest BCUT2D eigenvalue weighted by atomic mass is 9.33. The van der Waals surface area contributed by atoms with Crippen molar-refractivity contribution >= 4 is 144 Å². The molecule has 15 aromatic carbocycles. The van der Waals surface area contributed by atoms with Gasteiger partial charge in [0.1, 0.15) is 0 Å². The summed E-state index contributed by atoms with van der Waals surface area (Å²) < 4.78 is 10.1. The van der Waals surface area contributed by atoms with Gasteiger partial charge in [0, 0.05) is 88.3 Å². The molecule has 105 heavy (non-hydrogen) atoms. The summed E-state index contributed by atoms with van der Waals surface area (Å²) in [4.78, 5) is 5.27. The lowest BCUT2D eigenvalue weighted by Gasteiger charge is -2.45. The Labute approximate surface area is 610 Å². The molecule has 0 fully saturated rings. The maximum Gasteiger partial charge on any atom is 0.252 e. The van der Waals surface area contributed by atoms with E-state index in [1.165, 1.54) is 115 Å². The standard InChI is InChI=1S/C98H73BN6/c1-97(2,3)76-42-17-7-30-64(76)66-32-9-21-46-82(66)104-88-52-29-53-89-94(88)99(78-58-56-62(60-92(78)104)100-80-44-19-15-38-72(80)74-40-27-54-90(95(74)100)102-84-48-23-11-34-68(84)69-35-12-24-49-85(69)102)79-59-57-63(61-93(79)105(89)83-47-22-10-33-67(83)65-31-8-18-43-77(65)98(4,5)6)101-81-45-20-16-39-73(81)75-41-28-55-91(96(75)101)103-86-50-25-13-36-70(86)71-37-14-26-51-87(71)103/h7-61H,1-6H3. The molecule has 2 aliphatic rings. The minimum atomic E-state index is -0.211. The topological polar surface area (TPSA) is 26.2 Å². The van der Waals surface area contributed by atoms with Crippen molar-refractivity contribution in [1.82, 2.24) is 18.3 Å². The molecule has 6 nitrogen and oxygen atoms in total. The van der Waals surface area contributed by atoms with Crippen LogP contribution >= 0.6 is 0 Å². The van der Waals surface area contributed by atoms with Crippen molar-refractivity contribution in [3.63, 3.8) is 0 Å². The summed E-state index contributed by atoms with van der Waals surface area (Å²) in [7, 11) is 0. The van der Waals surface area contributed by atoms with Crippen LogP contribution in [0.4, 0.5) is 34.1 Å². The molecule has 7 heteroatoms.